The molecule has 2 N–H and O–H groups in total. The number of carbonyl (C=O) groups is 1. The molecule has 1 saturated heterocycles. The molecule has 1 aromatic carbocycles. The van der Waals surface area contributed by atoms with E-state index in [9.17, 15) is 4.79 Å². The van der Waals surface area contributed by atoms with Gasteiger partial charge in [-0.25, -0.2) is 9.78 Å². The lowest BCUT2D eigenvalue weighted by Crippen LogP contribution is -2.41. The number of hydrogen-bond acceptors (Lipinski definition) is 3. The minimum Gasteiger partial charge on any atom is -0.342 e. The van der Waals surface area contributed by atoms with E-state index >= 15 is 0 Å². The largest absolute Gasteiger partial charge is 0.342 e. The quantitative estimate of drug-likeness (QED) is 0.742. The van der Waals surface area contributed by atoms with Gasteiger partial charge in [-0.05, 0) is 56.5 Å². The van der Waals surface area contributed by atoms with Gasteiger partial charge in [0, 0.05) is 18.4 Å². The second-order valence-corrected chi connectivity index (χ2v) is 6.44. The Morgan fingerprint density at radius 2 is 2.20 bits per heavy atom. The molecule has 2 aromatic heterocycles. The number of nitrogens with one attached hydrogen (secondary N) is 2. The fraction of sp³-hybridized carbons (Fsp3) is 0.316. The number of urea groups is 1. The number of piperidine rings is 1. The molecule has 0 spiro atoms. The minimum absolute atomic E-state index is 0.0353. The van der Waals surface area contributed by atoms with Crippen LogP contribution in [-0.4, -0.2) is 32.4 Å². The predicted octanol–water partition coefficient (Wildman–Crippen LogP) is 4.03. The maximum atomic E-state index is 12.9. The van der Waals surface area contributed by atoms with Crippen molar-refractivity contribution in [1.29, 1.82) is 0 Å². The van der Waals surface area contributed by atoms with Gasteiger partial charge in [0.2, 0.25) is 0 Å². The molecule has 3 heterocycles. The lowest BCUT2D eigenvalue weighted by Gasteiger charge is -2.35. The number of anilines is 1. The lowest BCUT2D eigenvalue weighted by atomic mass is 9.99. The number of rotatable bonds is 2. The number of aromatic nitrogens is 3. The summed E-state index contributed by atoms with van der Waals surface area (Å²) in [5, 5.41) is 3.02. The Morgan fingerprint density at radius 3 is 3.04 bits per heavy atom. The van der Waals surface area contributed by atoms with E-state index in [1.165, 1.54) is 0 Å². The van der Waals surface area contributed by atoms with Gasteiger partial charge in [-0.2, -0.15) is 0 Å². The van der Waals surface area contributed by atoms with Crippen LogP contribution in [0.2, 0.25) is 0 Å². The van der Waals surface area contributed by atoms with E-state index < -0.39 is 0 Å². The standard InChI is InChI=1S/C19H21N5O/c1-13-21-15-9-8-14(12-17(15)22-13)23-19(25)24-11-5-3-7-18(24)16-6-2-4-10-20-16/h2,4,6,8-10,12,18H,3,5,7,11H2,1H3,(H,21,22)(H,23,25)/t18-/m1/s1. The third-order valence-corrected chi connectivity index (χ3v) is 4.64. The van der Waals surface area contributed by atoms with E-state index in [0.29, 0.717) is 0 Å². The van der Waals surface area contributed by atoms with Crippen molar-refractivity contribution in [2.45, 2.75) is 32.2 Å². The van der Waals surface area contributed by atoms with Gasteiger partial charge in [0.1, 0.15) is 5.82 Å². The van der Waals surface area contributed by atoms with Gasteiger partial charge in [-0.3, -0.25) is 4.98 Å². The zero-order valence-electron chi connectivity index (χ0n) is 14.2. The van der Waals surface area contributed by atoms with Crippen LogP contribution in [0.3, 0.4) is 0 Å². The fourth-order valence-electron chi connectivity index (χ4n) is 3.47. The maximum Gasteiger partial charge on any atom is 0.322 e. The number of amides is 2. The van der Waals surface area contributed by atoms with Crippen LogP contribution in [0.25, 0.3) is 11.0 Å². The molecule has 4 rings (SSSR count). The Hall–Kier alpha value is -2.89. The third-order valence-electron chi connectivity index (χ3n) is 4.64. The second-order valence-electron chi connectivity index (χ2n) is 6.44. The highest BCUT2D eigenvalue weighted by Gasteiger charge is 2.28. The van der Waals surface area contributed by atoms with Crippen LogP contribution in [0.1, 0.15) is 36.8 Å². The molecule has 25 heavy (non-hydrogen) atoms. The zero-order valence-corrected chi connectivity index (χ0v) is 14.2. The number of carbonyl (C=O) groups excluding carboxylic acids is 1. The summed E-state index contributed by atoms with van der Waals surface area (Å²) >= 11 is 0. The molecule has 3 aromatic rings. The van der Waals surface area contributed by atoms with Gasteiger partial charge in [0.25, 0.3) is 0 Å². The number of hydrogen-bond donors (Lipinski definition) is 2. The summed E-state index contributed by atoms with van der Waals surface area (Å²) in [6, 6.07) is 11.6. The van der Waals surface area contributed by atoms with Crippen molar-refractivity contribution in [2.75, 3.05) is 11.9 Å². The highest BCUT2D eigenvalue weighted by atomic mass is 16.2. The van der Waals surface area contributed by atoms with Crippen molar-refractivity contribution < 1.29 is 4.79 Å². The van der Waals surface area contributed by atoms with Gasteiger partial charge < -0.3 is 15.2 Å². The molecule has 1 fully saturated rings. The number of aromatic amines is 1. The van der Waals surface area contributed by atoms with Crippen LogP contribution in [0.15, 0.2) is 42.6 Å². The molecule has 6 heteroatoms. The summed E-state index contributed by atoms with van der Waals surface area (Å²) in [6.45, 7) is 2.67. The Balaban J connectivity index is 1.55. The lowest BCUT2D eigenvalue weighted by molar-refractivity contribution is 0.161. The molecule has 0 saturated carbocycles. The van der Waals surface area contributed by atoms with Gasteiger partial charge in [-0.15, -0.1) is 0 Å². The number of fused-ring (bicyclic) bond motifs is 1. The number of nitrogens with zero attached hydrogens (tertiary/aromatic N) is 3. The summed E-state index contributed by atoms with van der Waals surface area (Å²) in [7, 11) is 0. The Bertz CT molecular complexity index is 889. The zero-order chi connectivity index (χ0) is 17.2. The van der Waals surface area contributed by atoms with E-state index in [-0.39, 0.29) is 12.1 Å². The normalized spacial score (nSPS) is 17.6. The summed E-state index contributed by atoms with van der Waals surface area (Å²) in [4.78, 5) is 26.8. The first kappa shape index (κ1) is 15.6. The molecule has 1 atom stereocenters. The smallest absolute Gasteiger partial charge is 0.322 e. The minimum atomic E-state index is -0.0778. The Kier molecular flexibility index (Phi) is 4.09. The molecule has 1 aliphatic rings. The van der Waals surface area contributed by atoms with E-state index in [1.54, 1.807) is 6.20 Å². The molecule has 2 amide bonds. The van der Waals surface area contributed by atoms with Crippen LogP contribution < -0.4 is 5.32 Å². The first-order valence-electron chi connectivity index (χ1n) is 8.65. The van der Waals surface area contributed by atoms with Crippen molar-refractivity contribution in [2.24, 2.45) is 0 Å². The number of likely N-dealkylation sites (tertiary alicyclic amines) is 1. The van der Waals surface area contributed by atoms with Gasteiger partial charge >= 0.3 is 6.03 Å². The van der Waals surface area contributed by atoms with E-state index in [1.807, 2.05) is 48.2 Å². The van der Waals surface area contributed by atoms with E-state index in [0.717, 1.165) is 54.0 Å². The molecule has 1 aliphatic heterocycles. The van der Waals surface area contributed by atoms with Crippen LogP contribution in [0, 0.1) is 6.92 Å². The molecule has 128 valence electrons. The average Bonchev–Trinajstić information content (AvgIpc) is 3.02. The summed E-state index contributed by atoms with van der Waals surface area (Å²) in [5.41, 5.74) is 3.55. The second kappa shape index (κ2) is 6.55. The van der Waals surface area contributed by atoms with Crippen molar-refractivity contribution >= 4 is 22.8 Å². The Labute approximate surface area is 146 Å². The topological polar surface area (TPSA) is 73.9 Å². The number of aryl methyl sites for hydroxylation is 1. The van der Waals surface area contributed by atoms with Crippen molar-refractivity contribution in [1.82, 2.24) is 19.9 Å². The van der Waals surface area contributed by atoms with Crippen LogP contribution >= 0.6 is 0 Å². The summed E-state index contributed by atoms with van der Waals surface area (Å²) in [5.74, 6) is 0.865. The molecule has 0 aliphatic carbocycles. The first-order valence-corrected chi connectivity index (χ1v) is 8.65. The van der Waals surface area contributed by atoms with Gasteiger partial charge in [0.15, 0.2) is 0 Å². The summed E-state index contributed by atoms with van der Waals surface area (Å²) in [6.07, 6.45) is 4.87. The number of benzene rings is 1. The first-order chi connectivity index (χ1) is 12.2. The number of pyridine rings is 1. The molecule has 0 unspecified atom stereocenters. The highest BCUT2D eigenvalue weighted by molar-refractivity contribution is 5.92. The predicted molar refractivity (Wildman–Crippen MR) is 97.4 cm³/mol. The molecular formula is C19H21N5O. The van der Waals surface area contributed by atoms with Crippen molar-refractivity contribution in [3.63, 3.8) is 0 Å². The van der Waals surface area contributed by atoms with E-state index in [2.05, 4.69) is 20.3 Å². The average molecular weight is 335 g/mol. The van der Waals surface area contributed by atoms with Crippen molar-refractivity contribution in [3.05, 3.63) is 54.1 Å². The molecule has 0 radical (unpaired) electrons. The summed E-state index contributed by atoms with van der Waals surface area (Å²) < 4.78 is 0. The SMILES string of the molecule is Cc1nc2ccc(NC(=O)N3CCCC[C@@H]3c3ccccn3)cc2[nH]1. The fourth-order valence-corrected chi connectivity index (χ4v) is 3.47. The number of H-pyrrole nitrogens is 1. The van der Waals surface area contributed by atoms with E-state index in [4.69, 9.17) is 0 Å². The van der Waals surface area contributed by atoms with Crippen LogP contribution in [0.5, 0.6) is 0 Å². The molecule has 6 nitrogen and oxygen atoms in total. The van der Waals surface area contributed by atoms with Crippen LogP contribution in [-0.2, 0) is 0 Å². The third kappa shape index (κ3) is 3.20. The number of imidazole rings is 1. The van der Waals surface area contributed by atoms with Gasteiger partial charge in [0.05, 0.1) is 22.8 Å². The Morgan fingerprint density at radius 1 is 1.28 bits per heavy atom. The maximum absolute atomic E-state index is 12.9. The molecule has 0 bridgehead atoms. The highest BCUT2D eigenvalue weighted by Crippen LogP contribution is 2.30. The van der Waals surface area contributed by atoms with Crippen LogP contribution in [0.4, 0.5) is 10.5 Å². The van der Waals surface area contributed by atoms with Crippen molar-refractivity contribution in [3.8, 4) is 0 Å². The monoisotopic (exact) mass is 335 g/mol. The van der Waals surface area contributed by atoms with Gasteiger partial charge in [-0.1, -0.05) is 6.07 Å². The molecular weight excluding hydrogens is 314 g/mol.